The topological polar surface area (TPSA) is 94.6 Å². The van der Waals surface area contributed by atoms with Crippen molar-refractivity contribution in [3.05, 3.63) is 29.8 Å². The molecule has 28 heavy (non-hydrogen) atoms. The van der Waals surface area contributed by atoms with Gasteiger partial charge >= 0.3 is 0 Å². The zero-order chi connectivity index (χ0) is 20.3. The fraction of sp³-hybridized carbons (Fsp3) is 0.550. The maximum Gasteiger partial charge on any atom is 0.239 e. The first-order valence-electron chi connectivity index (χ1n) is 9.45. The van der Waals surface area contributed by atoms with Gasteiger partial charge in [-0.25, -0.2) is 4.99 Å². The molecule has 0 radical (unpaired) electrons. The number of halogens is 1. The van der Waals surface area contributed by atoms with Gasteiger partial charge in [-0.1, -0.05) is 19.1 Å². The van der Waals surface area contributed by atoms with E-state index in [-0.39, 0.29) is 47.9 Å². The lowest BCUT2D eigenvalue weighted by Crippen LogP contribution is -2.48. The van der Waals surface area contributed by atoms with Gasteiger partial charge in [0.15, 0.2) is 5.96 Å². The van der Waals surface area contributed by atoms with Crippen LogP contribution in [0.5, 0.6) is 0 Å². The second-order valence-corrected chi connectivity index (χ2v) is 7.35. The van der Waals surface area contributed by atoms with Gasteiger partial charge in [-0.3, -0.25) is 9.59 Å². The predicted octanol–water partition coefficient (Wildman–Crippen LogP) is 3.01. The molecule has 0 aliphatic rings. The Morgan fingerprint density at radius 1 is 1.07 bits per heavy atom. The molecule has 0 aliphatic carbocycles. The molecule has 4 N–H and O–H groups in total. The zero-order valence-electron chi connectivity index (χ0n) is 17.5. The van der Waals surface area contributed by atoms with Gasteiger partial charge in [0.25, 0.3) is 0 Å². The highest BCUT2D eigenvalue weighted by Gasteiger charge is 2.13. The molecule has 0 aliphatic heterocycles. The molecule has 8 heteroatoms. The highest BCUT2D eigenvalue weighted by atomic mass is 127. The summed E-state index contributed by atoms with van der Waals surface area (Å²) in [4.78, 5) is 28.2. The molecule has 1 aromatic rings. The van der Waals surface area contributed by atoms with Crippen LogP contribution in [0.2, 0.25) is 0 Å². The lowest BCUT2D eigenvalue weighted by Gasteiger charge is -2.21. The van der Waals surface area contributed by atoms with E-state index in [1.165, 1.54) is 0 Å². The quantitative estimate of drug-likeness (QED) is 0.249. The number of nitrogens with zero attached hydrogens (tertiary/aromatic N) is 1. The number of nitrogens with one attached hydrogen (secondary N) is 4. The Bertz CT molecular complexity index is 656. The van der Waals surface area contributed by atoms with Gasteiger partial charge in [-0.05, 0) is 51.8 Å². The summed E-state index contributed by atoms with van der Waals surface area (Å²) in [7, 11) is 0. The van der Waals surface area contributed by atoms with Crippen LogP contribution in [0.15, 0.2) is 29.3 Å². The fourth-order valence-electron chi connectivity index (χ4n) is 2.34. The van der Waals surface area contributed by atoms with E-state index in [4.69, 9.17) is 0 Å². The Balaban J connectivity index is 0.00000729. The van der Waals surface area contributed by atoms with Gasteiger partial charge in [0.05, 0.1) is 13.1 Å². The van der Waals surface area contributed by atoms with Gasteiger partial charge in [-0.2, -0.15) is 0 Å². The predicted molar refractivity (Wildman–Crippen MR) is 126 cm³/mol. The van der Waals surface area contributed by atoms with Crippen LogP contribution in [0.1, 0.15) is 53.0 Å². The molecule has 0 saturated heterocycles. The summed E-state index contributed by atoms with van der Waals surface area (Å²) in [5.41, 5.74) is 1.47. The third kappa shape index (κ3) is 11.8. The summed E-state index contributed by atoms with van der Waals surface area (Å²) in [5.74, 6) is 0.494. The lowest BCUT2D eigenvalue weighted by molar-refractivity contribution is -0.121. The normalized spacial score (nSPS) is 11.2. The Kier molecular flexibility index (Phi) is 12.5. The van der Waals surface area contributed by atoms with E-state index in [1.807, 2.05) is 58.9 Å². The molecule has 7 nitrogen and oxygen atoms in total. The summed E-state index contributed by atoms with van der Waals surface area (Å²) in [6, 6.07) is 7.62. The molecule has 1 rings (SSSR count). The third-order valence-corrected chi connectivity index (χ3v) is 3.38. The lowest BCUT2D eigenvalue weighted by atomic mass is 10.1. The zero-order valence-corrected chi connectivity index (χ0v) is 19.8. The molecule has 0 bridgehead atoms. The first-order valence-corrected chi connectivity index (χ1v) is 9.45. The van der Waals surface area contributed by atoms with Gasteiger partial charge in [-0.15, -0.1) is 24.0 Å². The van der Waals surface area contributed by atoms with Crippen molar-refractivity contribution in [2.24, 2.45) is 4.99 Å². The molecule has 0 heterocycles. The largest absolute Gasteiger partial charge is 0.357 e. The van der Waals surface area contributed by atoms with E-state index < -0.39 is 0 Å². The van der Waals surface area contributed by atoms with E-state index in [2.05, 4.69) is 26.3 Å². The molecular weight excluding hydrogens is 469 g/mol. The van der Waals surface area contributed by atoms with Crippen LogP contribution in [0.25, 0.3) is 0 Å². The second-order valence-electron chi connectivity index (χ2n) is 7.35. The summed E-state index contributed by atoms with van der Waals surface area (Å²) in [5, 5.41) is 11.9. The smallest absolute Gasteiger partial charge is 0.239 e. The van der Waals surface area contributed by atoms with Crippen LogP contribution in [0.4, 0.5) is 5.69 Å². The molecule has 1 aromatic carbocycles. The summed E-state index contributed by atoms with van der Waals surface area (Å²) in [6.07, 6.45) is 1.32. The Labute approximate surface area is 185 Å². The Hall–Kier alpha value is -1.84. The van der Waals surface area contributed by atoms with Crippen LogP contribution >= 0.6 is 24.0 Å². The van der Waals surface area contributed by atoms with Crippen LogP contribution in [-0.2, 0) is 16.1 Å². The number of hydrogen-bond acceptors (Lipinski definition) is 3. The molecule has 158 valence electrons. The minimum atomic E-state index is -0.267. The monoisotopic (exact) mass is 503 g/mol. The number of benzene rings is 1. The molecule has 0 saturated carbocycles. The minimum absolute atomic E-state index is 0. The summed E-state index contributed by atoms with van der Waals surface area (Å²) < 4.78 is 0. The number of carbonyl (C=O) groups is 2. The van der Waals surface area contributed by atoms with Crippen LogP contribution in [0, 0.1) is 0 Å². The number of anilines is 1. The Morgan fingerprint density at radius 2 is 1.79 bits per heavy atom. The molecule has 0 aromatic heterocycles. The SMILES string of the molecule is CCCC(=O)Nc1cccc(CN=C(NCC)NCC(=O)NC(C)(C)C)c1.I. The van der Waals surface area contributed by atoms with E-state index in [0.29, 0.717) is 25.5 Å². The average Bonchev–Trinajstić information content (AvgIpc) is 2.56. The fourth-order valence-corrected chi connectivity index (χ4v) is 2.34. The van der Waals surface area contributed by atoms with Crippen molar-refractivity contribution < 1.29 is 9.59 Å². The molecule has 2 amide bonds. The van der Waals surface area contributed by atoms with Crippen molar-refractivity contribution in [3.8, 4) is 0 Å². The van der Waals surface area contributed by atoms with Crippen LogP contribution < -0.4 is 21.3 Å². The van der Waals surface area contributed by atoms with Crippen molar-refractivity contribution in [1.82, 2.24) is 16.0 Å². The number of rotatable bonds is 8. The highest BCUT2D eigenvalue weighted by Crippen LogP contribution is 2.12. The van der Waals surface area contributed by atoms with Gasteiger partial charge < -0.3 is 21.3 Å². The molecule has 0 fully saturated rings. The number of guanidine groups is 1. The van der Waals surface area contributed by atoms with E-state index in [9.17, 15) is 9.59 Å². The van der Waals surface area contributed by atoms with Gasteiger partial charge in [0, 0.05) is 24.2 Å². The Morgan fingerprint density at radius 3 is 2.39 bits per heavy atom. The standard InChI is InChI=1S/C20H33N5O2.HI/c1-6-9-17(26)24-16-11-8-10-15(12-16)13-22-19(21-7-2)23-14-18(27)25-20(3,4)5;/h8,10-12H,6-7,9,13-14H2,1-5H3,(H,24,26)(H,25,27)(H2,21,22,23);1H. The van der Waals surface area contributed by atoms with E-state index >= 15 is 0 Å². The highest BCUT2D eigenvalue weighted by molar-refractivity contribution is 14.0. The molecular formula is C20H34IN5O2. The van der Waals surface area contributed by atoms with Crippen LogP contribution in [0.3, 0.4) is 0 Å². The maximum absolute atomic E-state index is 11.9. The van der Waals surface area contributed by atoms with Crippen molar-refractivity contribution >= 4 is 47.4 Å². The minimum Gasteiger partial charge on any atom is -0.357 e. The molecule has 0 unspecified atom stereocenters. The number of amides is 2. The first-order chi connectivity index (χ1) is 12.7. The van der Waals surface area contributed by atoms with Crippen molar-refractivity contribution in [1.29, 1.82) is 0 Å². The number of aliphatic imine (C=N–C) groups is 1. The average molecular weight is 503 g/mol. The molecule has 0 spiro atoms. The molecule has 0 atom stereocenters. The van der Waals surface area contributed by atoms with Crippen molar-refractivity contribution in [2.75, 3.05) is 18.4 Å². The number of hydrogen-bond donors (Lipinski definition) is 4. The number of carbonyl (C=O) groups excluding carboxylic acids is 2. The summed E-state index contributed by atoms with van der Waals surface area (Å²) in [6.45, 7) is 11.0. The van der Waals surface area contributed by atoms with E-state index in [1.54, 1.807) is 0 Å². The van der Waals surface area contributed by atoms with Crippen molar-refractivity contribution in [3.63, 3.8) is 0 Å². The summed E-state index contributed by atoms with van der Waals surface area (Å²) >= 11 is 0. The third-order valence-electron chi connectivity index (χ3n) is 3.38. The van der Waals surface area contributed by atoms with Crippen LogP contribution in [-0.4, -0.2) is 36.4 Å². The second kappa shape index (κ2) is 13.4. The van der Waals surface area contributed by atoms with Gasteiger partial charge in [0.1, 0.15) is 0 Å². The first kappa shape index (κ1) is 26.2. The van der Waals surface area contributed by atoms with Crippen molar-refractivity contribution in [2.45, 2.75) is 59.5 Å². The van der Waals surface area contributed by atoms with E-state index in [0.717, 1.165) is 17.7 Å². The maximum atomic E-state index is 11.9. The van der Waals surface area contributed by atoms with Gasteiger partial charge in [0.2, 0.25) is 11.8 Å².